The van der Waals surface area contributed by atoms with Gasteiger partial charge in [-0.15, -0.1) is 0 Å². The molecule has 0 radical (unpaired) electrons. The molecule has 4 nitrogen and oxygen atoms in total. The molecule has 1 heterocycles. The third kappa shape index (κ3) is 4.13. The van der Waals surface area contributed by atoms with Crippen LogP contribution in [0.3, 0.4) is 0 Å². The molecule has 0 aliphatic carbocycles. The normalized spacial score (nSPS) is 12.8. The molecule has 1 atom stereocenters. The van der Waals surface area contributed by atoms with Crippen LogP contribution in [-0.2, 0) is 18.3 Å². The van der Waals surface area contributed by atoms with Crippen molar-refractivity contribution in [3.8, 4) is 0 Å². The van der Waals surface area contributed by atoms with Crippen LogP contribution in [0.2, 0.25) is 5.15 Å². The highest BCUT2D eigenvalue weighted by molar-refractivity contribution is 6.30. The number of aromatic nitrogens is 2. The van der Waals surface area contributed by atoms with E-state index in [1.807, 2.05) is 13.8 Å². The van der Waals surface area contributed by atoms with Crippen molar-refractivity contribution in [1.82, 2.24) is 9.78 Å². The lowest BCUT2D eigenvalue weighted by Gasteiger charge is -2.04. The number of halogens is 1. The van der Waals surface area contributed by atoms with E-state index in [2.05, 4.69) is 5.10 Å². The highest BCUT2D eigenvalue weighted by atomic mass is 35.5. The second kappa shape index (κ2) is 6.17. The van der Waals surface area contributed by atoms with Crippen LogP contribution in [0.15, 0.2) is 0 Å². The van der Waals surface area contributed by atoms with Crippen molar-refractivity contribution < 1.29 is 4.79 Å². The first-order valence-electron chi connectivity index (χ1n) is 5.87. The summed E-state index contributed by atoms with van der Waals surface area (Å²) in [4.78, 5) is 11.8. The van der Waals surface area contributed by atoms with Crippen molar-refractivity contribution in [3.63, 3.8) is 0 Å². The largest absolute Gasteiger partial charge is 0.328 e. The van der Waals surface area contributed by atoms with E-state index < -0.39 is 0 Å². The maximum Gasteiger partial charge on any atom is 0.137 e. The number of rotatable bonds is 6. The minimum absolute atomic E-state index is 0.159. The summed E-state index contributed by atoms with van der Waals surface area (Å²) in [5.41, 5.74) is 7.32. The fourth-order valence-electron chi connectivity index (χ4n) is 1.78. The van der Waals surface area contributed by atoms with Gasteiger partial charge in [-0.25, -0.2) is 0 Å². The molecule has 0 fully saturated rings. The Morgan fingerprint density at radius 1 is 1.59 bits per heavy atom. The average molecular weight is 258 g/mol. The fraction of sp³-hybridized carbons (Fsp3) is 0.667. The molecule has 96 valence electrons. The Kier molecular flexibility index (Phi) is 5.15. The average Bonchev–Trinajstić information content (AvgIpc) is 2.44. The van der Waals surface area contributed by atoms with Gasteiger partial charge in [0.05, 0.1) is 5.69 Å². The molecule has 0 aromatic carbocycles. The molecule has 0 saturated heterocycles. The van der Waals surface area contributed by atoms with Gasteiger partial charge in [0.25, 0.3) is 0 Å². The standard InChI is InChI=1S/C12H20ClN3O/c1-8(14)5-4-6-10(17)7-11-9(2)15-16(3)12(11)13/h8H,4-7,14H2,1-3H3. The van der Waals surface area contributed by atoms with Gasteiger partial charge >= 0.3 is 0 Å². The molecule has 0 amide bonds. The van der Waals surface area contributed by atoms with E-state index in [1.165, 1.54) is 0 Å². The van der Waals surface area contributed by atoms with Crippen molar-refractivity contribution in [2.75, 3.05) is 0 Å². The van der Waals surface area contributed by atoms with Gasteiger partial charge in [-0.1, -0.05) is 11.6 Å². The quantitative estimate of drug-likeness (QED) is 0.848. The van der Waals surface area contributed by atoms with E-state index in [9.17, 15) is 4.79 Å². The van der Waals surface area contributed by atoms with Gasteiger partial charge in [-0.05, 0) is 26.7 Å². The topological polar surface area (TPSA) is 60.9 Å². The SMILES string of the molecule is Cc1nn(C)c(Cl)c1CC(=O)CCCC(C)N. The van der Waals surface area contributed by atoms with E-state index in [0.717, 1.165) is 24.1 Å². The van der Waals surface area contributed by atoms with Crippen molar-refractivity contribution in [2.45, 2.75) is 45.6 Å². The van der Waals surface area contributed by atoms with Crippen LogP contribution in [0.25, 0.3) is 0 Å². The number of nitrogens with zero attached hydrogens (tertiary/aromatic N) is 2. The van der Waals surface area contributed by atoms with Gasteiger partial charge in [0.1, 0.15) is 10.9 Å². The first kappa shape index (κ1) is 14.2. The molecule has 0 aliphatic rings. The molecular weight excluding hydrogens is 238 g/mol. The Balaban J connectivity index is 2.51. The number of aryl methyl sites for hydroxylation is 2. The summed E-state index contributed by atoms with van der Waals surface area (Å²) in [7, 11) is 1.78. The van der Waals surface area contributed by atoms with E-state index >= 15 is 0 Å². The Labute approximate surface area is 107 Å². The number of hydrogen-bond acceptors (Lipinski definition) is 3. The molecule has 2 N–H and O–H groups in total. The van der Waals surface area contributed by atoms with Crippen molar-refractivity contribution in [1.29, 1.82) is 0 Å². The van der Waals surface area contributed by atoms with Gasteiger partial charge in [0.2, 0.25) is 0 Å². The Hall–Kier alpha value is -0.870. The van der Waals surface area contributed by atoms with Crippen LogP contribution in [0.5, 0.6) is 0 Å². The number of nitrogens with two attached hydrogens (primary N) is 1. The molecule has 0 spiro atoms. The van der Waals surface area contributed by atoms with E-state index in [-0.39, 0.29) is 11.8 Å². The predicted octanol–water partition coefficient (Wildman–Crippen LogP) is 2.01. The number of carbonyl (C=O) groups is 1. The fourth-order valence-corrected chi connectivity index (χ4v) is 2.02. The van der Waals surface area contributed by atoms with Crippen molar-refractivity contribution in [2.24, 2.45) is 12.8 Å². The van der Waals surface area contributed by atoms with Gasteiger partial charge in [0.15, 0.2) is 0 Å². The summed E-state index contributed by atoms with van der Waals surface area (Å²) in [5.74, 6) is 0.198. The highest BCUT2D eigenvalue weighted by Gasteiger charge is 2.14. The zero-order chi connectivity index (χ0) is 13.0. The van der Waals surface area contributed by atoms with Gasteiger partial charge < -0.3 is 5.73 Å². The molecule has 0 bridgehead atoms. The van der Waals surface area contributed by atoms with Crippen molar-refractivity contribution >= 4 is 17.4 Å². The smallest absolute Gasteiger partial charge is 0.137 e. The lowest BCUT2D eigenvalue weighted by atomic mass is 10.0. The zero-order valence-corrected chi connectivity index (χ0v) is 11.4. The van der Waals surface area contributed by atoms with Crippen LogP contribution in [0.4, 0.5) is 0 Å². The Morgan fingerprint density at radius 2 is 2.24 bits per heavy atom. The first-order valence-corrected chi connectivity index (χ1v) is 6.25. The minimum atomic E-state index is 0.159. The van der Waals surface area contributed by atoms with Gasteiger partial charge in [0, 0.05) is 31.5 Å². The van der Waals surface area contributed by atoms with E-state index in [1.54, 1.807) is 11.7 Å². The third-order valence-corrected chi connectivity index (χ3v) is 3.23. The van der Waals surface area contributed by atoms with Gasteiger partial charge in [-0.2, -0.15) is 5.10 Å². The third-order valence-electron chi connectivity index (χ3n) is 2.76. The second-order valence-corrected chi connectivity index (χ2v) is 4.92. The number of ketones is 1. The summed E-state index contributed by atoms with van der Waals surface area (Å²) in [5, 5.41) is 4.74. The molecule has 1 aromatic rings. The maximum absolute atomic E-state index is 11.8. The molecule has 17 heavy (non-hydrogen) atoms. The summed E-state index contributed by atoms with van der Waals surface area (Å²) < 4.78 is 1.60. The van der Waals surface area contributed by atoms with Gasteiger partial charge in [-0.3, -0.25) is 9.48 Å². The summed E-state index contributed by atoms with van der Waals surface area (Å²) in [6.07, 6.45) is 2.66. The highest BCUT2D eigenvalue weighted by Crippen LogP contribution is 2.20. The van der Waals surface area contributed by atoms with Crippen LogP contribution in [-0.4, -0.2) is 21.6 Å². The molecule has 0 saturated carbocycles. The van der Waals surface area contributed by atoms with E-state index in [4.69, 9.17) is 17.3 Å². The Bertz CT molecular complexity index is 399. The molecule has 1 unspecified atom stereocenters. The number of hydrogen-bond donors (Lipinski definition) is 1. The second-order valence-electron chi connectivity index (χ2n) is 4.56. The Morgan fingerprint density at radius 3 is 2.71 bits per heavy atom. The van der Waals surface area contributed by atoms with Crippen molar-refractivity contribution in [3.05, 3.63) is 16.4 Å². The zero-order valence-electron chi connectivity index (χ0n) is 10.7. The summed E-state index contributed by atoms with van der Waals surface area (Å²) in [6.45, 7) is 3.82. The van der Waals surface area contributed by atoms with Crippen LogP contribution in [0.1, 0.15) is 37.4 Å². The maximum atomic E-state index is 11.8. The first-order chi connectivity index (χ1) is 7.91. The molecular formula is C12H20ClN3O. The van der Waals surface area contributed by atoms with E-state index in [0.29, 0.717) is 18.0 Å². The number of carbonyl (C=O) groups excluding carboxylic acids is 1. The molecule has 1 rings (SSSR count). The molecule has 1 aromatic heterocycles. The monoisotopic (exact) mass is 257 g/mol. The predicted molar refractivity (Wildman–Crippen MR) is 69.2 cm³/mol. The minimum Gasteiger partial charge on any atom is -0.328 e. The summed E-state index contributed by atoms with van der Waals surface area (Å²) >= 11 is 6.07. The molecule has 5 heteroatoms. The van der Waals surface area contributed by atoms with Crippen LogP contribution >= 0.6 is 11.6 Å². The summed E-state index contributed by atoms with van der Waals surface area (Å²) in [6, 6.07) is 0.159. The lowest BCUT2D eigenvalue weighted by Crippen LogP contribution is -2.15. The number of Topliss-reactive ketones (excluding diaryl/α,β-unsaturated/α-hetero) is 1. The molecule has 0 aliphatic heterocycles. The van der Waals surface area contributed by atoms with Crippen LogP contribution in [0, 0.1) is 6.92 Å². The lowest BCUT2D eigenvalue weighted by molar-refractivity contribution is -0.118. The van der Waals surface area contributed by atoms with Crippen LogP contribution < -0.4 is 5.73 Å².